The lowest BCUT2D eigenvalue weighted by atomic mass is 10.1. The predicted molar refractivity (Wildman–Crippen MR) is 97.2 cm³/mol. The summed E-state index contributed by atoms with van der Waals surface area (Å²) in [7, 11) is 0. The lowest BCUT2D eigenvalue weighted by Gasteiger charge is -2.36. The van der Waals surface area contributed by atoms with Gasteiger partial charge in [-0.25, -0.2) is 0 Å². The summed E-state index contributed by atoms with van der Waals surface area (Å²) >= 11 is 3.33. The third-order valence-corrected chi connectivity index (χ3v) is 4.35. The maximum absolute atomic E-state index is 12.7. The fraction of sp³-hybridized carbons (Fsp3) is 0.312. The summed E-state index contributed by atoms with van der Waals surface area (Å²) in [6, 6.07) is 6.90. The predicted octanol–water partition coefficient (Wildman–Crippen LogP) is 1.60. The fourth-order valence-corrected chi connectivity index (χ4v) is 3.12. The number of carbonyl (C=O) groups is 1. The van der Waals surface area contributed by atoms with Gasteiger partial charge < -0.3 is 14.8 Å². The number of aromatic nitrogens is 2. The van der Waals surface area contributed by atoms with Gasteiger partial charge in [0.2, 0.25) is 5.91 Å². The second-order valence-electron chi connectivity index (χ2n) is 5.41. The van der Waals surface area contributed by atoms with Crippen LogP contribution in [0, 0.1) is 0 Å². The average Bonchev–Trinajstić information content (AvgIpc) is 2.59. The average molecular weight is 414 g/mol. The van der Waals surface area contributed by atoms with Crippen LogP contribution in [0.4, 0.5) is 0 Å². The van der Waals surface area contributed by atoms with E-state index in [1.165, 1.54) is 10.6 Å². The molecule has 6 nitrogen and oxygen atoms in total. The van der Waals surface area contributed by atoms with E-state index in [0.29, 0.717) is 13.1 Å². The molecule has 1 aliphatic heterocycles. The lowest BCUT2D eigenvalue weighted by molar-refractivity contribution is -0.135. The minimum atomic E-state index is -0.186. The highest BCUT2D eigenvalue weighted by Crippen LogP contribution is 2.21. The third kappa shape index (κ3) is 4.23. The zero-order valence-electron chi connectivity index (χ0n) is 12.9. The van der Waals surface area contributed by atoms with Gasteiger partial charge in [-0.15, -0.1) is 12.4 Å². The number of nitrogens with one attached hydrogen (secondary N) is 1. The monoisotopic (exact) mass is 412 g/mol. The zero-order chi connectivity index (χ0) is 16.2. The smallest absolute Gasteiger partial charge is 0.251 e. The molecule has 0 aromatic carbocycles. The van der Waals surface area contributed by atoms with Crippen molar-refractivity contribution in [1.29, 1.82) is 0 Å². The summed E-state index contributed by atoms with van der Waals surface area (Å²) in [4.78, 5) is 30.6. The van der Waals surface area contributed by atoms with E-state index in [1.807, 2.05) is 17.0 Å². The van der Waals surface area contributed by atoms with Crippen LogP contribution in [-0.2, 0) is 11.3 Å². The van der Waals surface area contributed by atoms with Gasteiger partial charge in [-0.3, -0.25) is 14.6 Å². The molecule has 128 valence electrons. The van der Waals surface area contributed by atoms with Gasteiger partial charge in [0.05, 0.1) is 6.04 Å². The Kier molecular flexibility index (Phi) is 6.53. The molecule has 2 aromatic heterocycles. The molecule has 1 saturated heterocycles. The second kappa shape index (κ2) is 8.41. The van der Waals surface area contributed by atoms with E-state index in [9.17, 15) is 9.59 Å². The van der Waals surface area contributed by atoms with Crippen LogP contribution in [-0.4, -0.2) is 40.0 Å². The molecule has 3 heterocycles. The fourth-order valence-electron chi connectivity index (χ4n) is 2.74. The summed E-state index contributed by atoms with van der Waals surface area (Å²) < 4.78 is 2.20. The first-order valence-corrected chi connectivity index (χ1v) is 8.20. The molecule has 24 heavy (non-hydrogen) atoms. The molecule has 2 aromatic rings. The second-order valence-corrected chi connectivity index (χ2v) is 6.32. The Labute approximate surface area is 154 Å². The Morgan fingerprint density at radius 1 is 1.38 bits per heavy atom. The maximum atomic E-state index is 12.7. The van der Waals surface area contributed by atoms with E-state index >= 15 is 0 Å². The van der Waals surface area contributed by atoms with Crippen molar-refractivity contribution in [2.45, 2.75) is 12.6 Å². The van der Waals surface area contributed by atoms with Gasteiger partial charge in [0.25, 0.3) is 5.56 Å². The number of nitrogens with zero attached hydrogens (tertiary/aromatic N) is 3. The molecule has 8 heteroatoms. The summed E-state index contributed by atoms with van der Waals surface area (Å²) in [6.07, 6.45) is 5.14. The van der Waals surface area contributed by atoms with Crippen LogP contribution in [0.5, 0.6) is 0 Å². The molecular weight excluding hydrogens is 396 g/mol. The maximum Gasteiger partial charge on any atom is 0.251 e. The number of halogens is 2. The van der Waals surface area contributed by atoms with Crippen molar-refractivity contribution < 1.29 is 4.79 Å². The number of piperazine rings is 1. The summed E-state index contributed by atoms with van der Waals surface area (Å²) in [5.41, 5.74) is 0.809. The number of hydrogen-bond donors (Lipinski definition) is 1. The first kappa shape index (κ1) is 18.6. The number of pyridine rings is 2. The largest absolute Gasteiger partial charge is 0.331 e. The Hall–Kier alpha value is -1.70. The molecule has 0 spiro atoms. The molecular formula is C16H18BrClN4O2. The minimum Gasteiger partial charge on any atom is -0.331 e. The highest BCUT2D eigenvalue weighted by atomic mass is 79.9. The van der Waals surface area contributed by atoms with Crippen LogP contribution in [0.25, 0.3) is 0 Å². The molecule has 1 amide bonds. The normalized spacial score (nSPS) is 17.2. The first-order valence-electron chi connectivity index (χ1n) is 7.41. The van der Waals surface area contributed by atoms with Gasteiger partial charge in [0, 0.05) is 48.8 Å². The molecule has 1 atom stereocenters. The van der Waals surface area contributed by atoms with Crippen LogP contribution in [0.1, 0.15) is 11.6 Å². The molecule has 1 fully saturated rings. The van der Waals surface area contributed by atoms with Gasteiger partial charge in [-0.2, -0.15) is 0 Å². The van der Waals surface area contributed by atoms with Crippen LogP contribution in [0.2, 0.25) is 0 Å². The van der Waals surface area contributed by atoms with Crippen LogP contribution < -0.4 is 10.9 Å². The number of amides is 1. The zero-order valence-corrected chi connectivity index (χ0v) is 15.3. The molecule has 1 N–H and O–H groups in total. The highest BCUT2D eigenvalue weighted by Gasteiger charge is 2.28. The molecule has 3 rings (SSSR count). The molecule has 1 aliphatic rings. The summed E-state index contributed by atoms with van der Waals surface area (Å²) in [6.45, 7) is 2.08. The Morgan fingerprint density at radius 3 is 2.96 bits per heavy atom. The summed E-state index contributed by atoms with van der Waals surface area (Å²) in [5, 5.41) is 3.30. The van der Waals surface area contributed by atoms with Crippen molar-refractivity contribution in [3.63, 3.8) is 0 Å². The van der Waals surface area contributed by atoms with E-state index in [2.05, 4.69) is 26.2 Å². The molecule has 0 bridgehead atoms. The minimum absolute atomic E-state index is 0. The Bertz CT molecular complexity index is 753. The van der Waals surface area contributed by atoms with Gasteiger partial charge in [-0.05, 0) is 33.6 Å². The lowest BCUT2D eigenvalue weighted by Crippen LogP contribution is -2.50. The van der Waals surface area contributed by atoms with Crippen LogP contribution in [0.15, 0.2) is 52.1 Å². The first-order chi connectivity index (χ1) is 11.1. The van der Waals surface area contributed by atoms with Crippen molar-refractivity contribution in [1.82, 2.24) is 19.8 Å². The van der Waals surface area contributed by atoms with E-state index in [4.69, 9.17) is 0 Å². The van der Waals surface area contributed by atoms with Crippen molar-refractivity contribution in [2.24, 2.45) is 0 Å². The topological polar surface area (TPSA) is 67.2 Å². The number of rotatable bonds is 3. The van der Waals surface area contributed by atoms with Gasteiger partial charge in [0.15, 0.2) is 0 Å². The van der Waals surface area contributed by atoms with Gasteiger partial charge >= 0.3 is 0 Å². The van der Waals surface area contributed by atoms with E-state index in [1.54, 1.807) is 24.7 Å². The van der Waals surface area contributed by atoms with Crippen LogP contribution >= 0.6 is 28.3 Å². The van der Waals surface area contributed by atoms with Crippen molar-refractivity contribution in [2.75, 3.05) is 19.6 Å². The summed E-state index contributed by atoms with van der Waals surface area (Å²) in [5.74, 6) is -0.0689. The van der Waals surface area contributed by atoms with Crippen molar-refractivity contribution in [3.8, 4) is 0 Å². The van der Waals surface area contributed by atoms with Crippen molar-refractivity contribution in [3.05, 3.63) is 63.2 Å². The third-order valence-electron chi connectivity index (χ3n) is 3.89. The van der Waals surface area contributed by atoms with Crippen molar-refractivity contribution >= 4 is 34.2 Å². The van der Waals surface area contributed by atoms with Crippen LogP contribution in [0.3, 0.4) is 0 Å². The van der Waals surface area contributed by atoms with E-state index in [0.717, 1.165) is 16.6 Å². The highest BCUT2D eigenvalue weighted by molar-refractivity contribution is 9.10. The standard InChI is InChI=1S/C16H17BrN4O2.ClH/c17-13-3-4-15(22)20(10-13)11-16(23)21-7-6-19-9-14(21)12-2-1-5-18-8-12;/h1-5,8,10,14,19H,6-7,9,11H2;1H. The SMILES string of the molecule is Cl.O=C(Cn1cc(Br)ccc1=O)N1CCNCC1c1cccnc1. The Morgan fingerprint density at radius 2 is 2.21 bits per heavy atom. The van der Waals surface area contributed by atoms with E-state index in [-0.39, 0.29) is 36.5 Å². The van der Waals surface area contributed by atoms with Gasteiger partial charge in [0.1, 0.15) is 6.54 Å². The quantitative estimate of drug-likeness (QED) is 0.830. The molecule has 1 unspecified atom stereocenters. The molecule has 0 aliphatic carbocycles. The Balaban J connectivity index is 0.00000208. The number of carbonyl (C=O) groups excluding carboxylic acids is 1. The molecule has 0 radical (unpaired) electrons. The van der Waals surface area contributed by atoms with E-state index < -0.39 is 0 Å². The number of hydrogen-bond acceptors (Lipinski definition) is 4. The molecule has 0 saturated carbocycles. The van der Waals surface area contributed by atoms with Gasteiger partial charge in [-0.1, -0.05) is 6.07 Å².